The lowest BCUT2D eigenvalue weighted by Gasteiger charge is -2.14. The van der Waals surface area contributed by atoms with Crippen LogP contribution in [0.1, 0.15) is 117 Å². The van der Waals surface area contributed by atoms with Crippen molar-refractivity contribution < 1.29 is 28.8 Å². The van der Waals surface area contributed by atoms with Gasteiger partial charge in [-0.1, -0.05) is 103 Å². The van der Waals surface area contributed by atoms with Crippen LogP contribution >= 0.6 is 0 Å². The molecule has 0 radical (unpaired) electrons. The van der Waals surface area contributed by atoms with E-state index in [4.69, 9.17) is 18.9 Å². The van der Waals surface area contributed by atoms with Crippen molar-refractivity contribution in [1.82, 2.24) is 0 Å². The Balaban J connectivity index is 3.34. The van der Waals surface area contributed by atoms with Crippen LogP contribution in [0.3, 0.4) is 0 Å². The van der Waals surface area contributed by atoms with Crippen LogP contribution in [0.4, 0.5) is 0 Å². The molecule has 0 fully saturated rings. The molecule has 192 valence electrons. The van der Waals surface area contributed by atoms with Crippen LogP contribution in [0, 0.1) is 0 Å². The molecule has 0 heterocycles. The van der Waals surface area contributed by atoms with E-state index in [-0.39, 0.29) is 6.61 Å². The third kappa shape index (κ3) is 24.0. The molecule has 0 aromatic carbocycles. The molecule has 0 spiro atoms. The Morgan fingerprint density at radius 3 is 1.44 bits per heavy atom. The minimum atomic E-state index is -1.21. The van der Waals surface area contributed by atoms with E-state index in [2.05, 4.69) is 6.92 Å². The van der Waals surface area contributed by atoms with Crippen molar-refractivity contribution in [3.8, 4) is 0 Å². The first-order chi connectivity index (χ1) is 15.7. The van der Waals surface area contributed by atoms with E-state index in [0.717, 1.165) is 12.8 Å². The van der Waals surface area contributed by atoms with E-state index in [1.54, 1.807) is 0 Å². The predicted molar refractivity (Wildman–Crippen MR) is 130 cm³/mol. The van der Waals surface area contributed by atoms with Gasteiger partial charge in [0.2, 0.25) is 0 Å². The third-order valence-electron chi connectivity index (χ3n) is 5.54. The summed E-state index contributed by atoms with van der Waals surface area (Å²) in [4.78, 5) is 11.2. The Kier molecular flexibility index (Phi) is 26.0. The second kappa shape index (κ2) is 26.6. The maximum atomic E-state index is 11.2. The van der Waals surface area contributed by atoms with Gasteiger partial charge in [0.05, 0.1) is 33.0 Å². The van der Waals surface area contributed by atoms with Gasteiger partial charge >= 0.3 is 5.97 Å². The molecule has 1 atom stereocenters. The van der Waals surface area contributed by atoms with Gasteiger partial charge in [-0.05, 0) is 13.3 Å². The van der Waals surface area contributed by atoms with Crippen LogP contribution in [-0.2, 0) is 23.7 Å². The third-order valence-corrected chi connectivity index (χ3v) is 5.54. The van der Waals surface area contributed by atoms with Gasteiger partial charge in [0, 0.05) is 6.61 Å². The number of carboxylic acids is 1. The molecule has 0 aliphatic heterocycles. The zero-order chi connectivity index (χ0) is 23.5. The van der Waals surface area contributed by atoms with Crippen molar-refractivity contribution >= 4 is 5.97 Å². The number of aliphatic carboxylic acids is 1. The Labute approximate surface area is 197 Å². The second-order valence-corrected chi connectivity index (χ2v) is 8.52. The summed E-state index contributed by atoms with van der Waals surface area (Å²) >= 11 is 0. The number of hydrogen-bond donors (Lipinski definition) is 1. The van der Waals surface area contributed by atoms with Crippen molar-refractivity contribution in [3.63, 3.8) is 0 Å². The van der Waals surface area contributed by atoms with Crippen molar-refractivity contribution in [2.45, 2.75) is 123 Å². The van der Waals surface area contributed by atoms with Gasteiger partial charge in [0.1, 0.15) is 0 Å². The number of hydrogen-bond acceptors (Lipinski definition) is 5. The number of unbranched alkanes of at least 4 members (excludes halogenated alkanes) is 15. The summed E-state index contributed by atoms with van der Waals surface area (Å²) in [5.41, 5.74) is 0. The standard InChI is InChI=1S/C26H52O6/c1-3-5-6-7-8-9-10-11-12-13-14-15-16-17-18-19-20-31-26(25(27)28)32-24-23-30-22-21-29-4-2/h26H,3-24H2,1-2H3,(H,27,28). The molecule has 32 heavy (non-hydrogen) atoms. The lowest BCUT2D eigenvalue weighted by Crippen LogP contribution is -2.29. The van der Waals surface area contributed by atoms with Gasteiger partial charge in [-0.15, -0.1) is 0 Å². The highest BCUT2D eigenvalue weighted by molar-refractivity contribution is 5.70. The smallest absolute Gasteiger partial charge is 0.361 e. The monoisotopic (exact) mass is 460 g/mol. The van der Waals surface area contributed by atoms with Crippen LogP contribution in [0.25, 0.3) is 0 Å². The summed E-state index contributed by atoms with van der Waals surface area (Å²) in [7, 11) is 0. The average molecular weight is 461 g/mol. The van der Waals surface area contributed by atoms with Crippen molar-refractivity contribution in [2.24, 2.45) is 0 Å². The van der Waals surface area contributed by atoms with E-state index in [9.17, 15) is 9.90 Å². The quantitative estimate of drug-likeness (QED) is 0.108. The molecule has 0 aromatic heterocycles. The lowest BCUT2D eigenvalue weighted by atomic mass is 10.0. The fourth-order valence-electron chi connectivity index (χ4n) is 3.61. The first-order valence-corrected chi connectivity index (χ1v) is 13.3. The molecular formula is C26H52O6. The van der Waals surface area contributed by atoms with Gasteiger partial charge in [0.25, 0.3) is 6.29 Å². The first-order valence-electron chi connectivity index (χ1n) is 13.3. The number of carboxylic acid groups (broad SMARTS) is 1. The van der Waals surface area contributed by atoms with Crippen LogP contribution < -0.4 is 0 Å². The molecular weight excluding hydrogens is 408 g/mol. The van der Waals surface area contributed by atoms with Gasteiger partial charge in [-0.2, -0.15) is 0 Å². The Hall–Kier alpha value is -0.690. The summed E-state index contributed by atoms with van der Waals surface area (Å²) in [5.74, 6) is -1.09. The summed E-state index contributed by atoms with van der Waals surface area (Å²) in [6.07, 6.45) is 19.8. The number of rotatable bonds is 27. The van der Waals surface area contributed by atoms with Crippen molar-refractivity contribution in [2.75, 3.05) is 39.6 Å². The zero-order valence-corrected chi connectivity index (χ0v) is 21.1. The van der Waals surface area contributed by atoms with Crippen LogP contribution in [0.2, 0.25) is 0 Å². The van der Waals surface area contributed by atoms with Crippen LogP contribution in [-0.4, -0.2) is 57.0 Å². The highest BCUT2D eigenvalue weighted by Gasteiger charge is 2.18. The van der Waals surface area contributed by atoms with Crippen LogP contribution in [0.15, 0.2) is 0 Å². The van der Waals surface area contributed by atoms with E-state index in [0.29, 0.717) is 33.0 Å². The van der Waals surface area contributed by atoms with Gasteiger partial charge in [0.15, 0.2) is 0 Å². The minimum Gasteiger partial charge on any atom is -0.477 e. The lowest BCUT2D eigenvalue weighted by molar-refractivity contribution is -0.192. The highest BCUT2D eigenvalue weighted by atomic mass is 16.7. The average Bonchev–Trinajstić information content (AvgIpc) is 2.78. The molecule has 0 aromatic rings. The fourth-order valence-corrected chi connectivity index (χ4v) is 3.61. The number of carbonyl (C=O) groups is 1. The van der Waals surface area contributed by atoms with Crippen molar-refractivity contribution in [1.29, 1.82) is 0 Å². The summed E-state index contributed by atoms with van der Waals surface area (Å²) < 4.78 is 21.1. The fraction of sp³-hybridized carbons (Fsp3) is 0.962. The Bertz CT molecular complexity index is 377. The molecule has 6 heteroatoms. The molecule has 1 N–H and O–H groups in total. The second-order valence-electron chi connectivity index (χ2n) is 8.52. The molecule has 0 amide bonds. The maximum Gasteiger partial charge on any atom is 0.361 e. The highest BCUT2D eigenvalue weighted by Crippen LogP contribution is 2.13. The molecule has 0 saturated heterocycles. The molecule has 0 saturated carbocycles. The van der Waals surface area contributed by atoms with E-state index in [1.165, 1.54) is 89.9 Å². The van der Waals surface area contributed by atoms with Gasteiger partial charge in [-0.25, -0.2) is 4.79 Å². The Morgan fingerprint density at radius 1 is 0.562 bits per heavy atom. The van der Waals surface area contributed by atoms with Crippen molar-refractivity contribution in [3.05, 3.63) is 0 Å². The summed E-state index contributed by atoms with van der Waals surface area (Å²) in [6, 6.07) is 0. The van der Waals surface area contributed by atoms with E-state index >= 15 is 0 Å². The Morgan fingerprint density at radius 2 is 0.969 bits per heavy atom. The predicted octanol–water partition coefficient (Wildman–Crippen LogP) is 6.74. The van der Waals surface area contributed by atoms with Crippen LogP contribution in [0.5, 0.6) is 0 Å². The minimum absolute atomic E-state index is 0.196. The topological polar surface area (TPSA) is 74.2 Å². The van der Waals surface area contributed by atoms with Gasteiger partial charge in [-0.3, -0.25) is 0 Å². The molecule has 0 rings (SSSR count). The molecule has 0 aliphatic rings. The van der Waals surface area contributed by atoms with E-state index in [1.807, 2.05) is 6.92 Å². The molecule has 0 aliphatic carbocycles. The summed E-state index contributed by atoms with van der Waals surface area (Å²) in [5, 5.41) is 9.17. The SMILES string of the molecule is CCCCCCCCCCCCCCCCCCOC(OCCOCCOCC)C(=O)O. The van der Waals surface area contributed by atoms with E-state index < -0.39 is 12.3 Å². The summed E-state index contributed by atoms with van der Waals surface area (Å²) in [6.45, 7) is 6.82. The number of ether oxygens (including phenoxy) is 4. The zero-order valence-electron chi connectivity index (χ0n) is 21.1. The van der Waals surface area contributed by atoms with Gasteiger partial charge < -0.3 is 24.1 Å². The molecule has 0 bridgehead atoms. The normalized spacial score (nSPS) is 12.3. The maximum absolute atomic E-state index is 11.2. The molecule has 6 nitrogen and oxygen atoms in total. The first kappa shape index (κ1) is 31.3. The molecule has 1 unspecified atom stereocenters. The largest absolute Gasteiger partial charge is 0.477 e.